The number of para-hydroxylation sites is 1. The Labute approximate surface area is 169 Å². The van der Waals surface area contributed by atoms with Gasteiger partial charge in [-0.25, -0.2) is 0 Å². The van der Waals surface area contributed by atoms with E-state index in [0.29, 0.717) is 6.61 Å². The van der Waals surface area contributed by atoms with Crippen molar-refractivity contribution in [2.24, 2.45) is 0 Å². The van der Waals surface area contributed by atoms with Crippen molar-refractivity contribution >= 4 is 21.9 Å². The largest absolute Gasteiger partial charge is 0.486 e. The molecule has 3 heterocycles. The lowest BCUT2D eigenvalue weighted by Gasteiger charge is -2.27. The van der Waals surface area contributed by atoms with Crippen molar-refractivity contribution in [2.45, 2.75) is 25.9 Å². The van der Waals surface area contributed by atoms with Crippen LogP contribution < -0.4 is 14.8 Å². The van der Waals surface area contributed by atoms with E-state index < -0.39 is 0 Å². The average Bonchev–Trinajstić information content (AvgIpc) is 3.16. The topological polar surface area (TPSA) is 56.5 Å². The molecule has 1 atom stereocenters. The highest BCUT2D eigenvalue weighted by molar-refractivity contribution is 5.88. The van der Waals surface area contributed by atoms with Crippen molar-refractivity contribution in [1.82, 2.24) is 10.3 Å². The highest BCUT2D eigenvalue weighted by Crippen LogP contribution is 2.38. The van der Waals surface area contributed by atoms with E-state index in [1.165, 1.54) is 10.9 Å². The predicted octanol–water partition coefficient (Wildman–Crippen LogP) is 4.65. The molecule has 1 N–H and O–H groups in total. The van der Waals surface area contributed by atoms with Gasteiger partial charge in [-0.05, 0) is 62.2 Å². The Hall–Kier alpha value is -3.05. The minimum atomic E-state index is -0.0100. The maximum atomic E-state index is 6.25. The van der Waals surface area contributed by atoms with Crippen molar-refractivity contribution in [3.63, 3.8) is 0 Å². The number of furan rings is 1. The lowest BCUT2D eigenvalue weighted by Crippen LogP contribution is -2.38. The number of fused-ring (bicyclic) bond motifs is 4. The van der Waals surface area contributed by atoms with Gasteiger partial charge >= 0.3 is 0 Å². The van der Waals surface area contributed by atoms with Gasteiger partial charge in [-0.1, -0.05) is 18.2 Å². The number of aryl methyl sites for hydroxylation is 2. The average molecular weight is 388 g/mol. The number of hydrogen-bond donors (Lipinski definition) is 1. The summed E-state index contributed by atoms with van der Waals surface area (Å²) in [4.78, 5) is 4.58. The van der Waals surface area contributed by atoms with E-state index in [1.54, 1.807) is 0 Å². The minimum absolute atomic E-state index is 0.0100. The fourth-order valence-electron chi connectivity index (χ4n) is 3.87. The molecule has 1 aliphatic rings. The summed E-state index contributed by atoms with van der Waals surface area (Å²) in [5.41, 5.74) is 4.16. The molecule has 5 nitrogen and oxygen atoms in total. The second-order valence-electron chi connectivity index (χ2n) is 7.53. The van der Waals surface area contributed by atoms with Gasteiger partial charge in [0.05, 0.1) is 11.8 Å². The van der Waals surface area contributed by atoms with Crippen LogP contribution in [0.5, 0.6) is 11.5 Å². The van der Waals surface area contributed by atoms with Crippen LogP contribution in [0.2, 0.25) is 0 Å². The van der Waals surface area contributed by atoms with E-state index >= 15 is 0 Å². The van der Waals surface area contributed by atoms with Crippen LogP contribution >= 0.6 is 0 Å². The lowest BCUT2D eigenvalue weighted by molar-refractivity contribution is 0.0925. The van der Waals surface area contributed by atoms with Crippen LogP contribution in [0.15, 0.2) is 59.2 Å². The summed E-state index contributed by atoms with van der Waals surface area (Å²) in [7, 11) is 0. The number of nitrogens with one attached hydrogen (secondary N) is 1. The molecule has 29 heavy (non-hydrogen) atoms. The smallest absolute Gasteiger partial charge is 0.171 e. The SMILES string of the molecule is Cc1ccc2c3c(ccc2n1)OCC(CNCCCc1coc2ccccc12)O3. The summed E-state index contributed by atoms with van der Waals surface area (Å²) in [6.45, 7) is 4.22. The van der Waals surface area contributed by atoms with Crippen LogP contribution in [0.25, 0.3) is 21.9 Å². The van der Waals surface area contributed by atoms with E-state index in [2.05, 4.69) is 28.5 Å². The predicted molar refractivity (Wildman–Crippen MR) is 114 cm³/mol. The first-order chi connectivity index (χ1) is 14.3. The van der Waals surface area contributed by atoms with Crippen LogP contribution in [0.4, 0.5) is 0 Å². The Morgan fingerprint density at radius 3 is 2.97 bits per heavy atom. The van der Waals surface area contributed by atoms with Gasteiger partial charge in [-0.15, -0.1) is 0 Å². The number of aromatic nitrogens is 1. The van der Waals surface area contributed by atoms with Crippen LogP contribution in [0.3, 0.4) is 0 Å². The molecule has 1 unspecified atom stereocenters. The molecule has 0 radical (unpaired) electrons. The second kappa shape index (κ2) is 7.76. The summed E-state index contributed by atoms with van der Waals surface area (Å²) in [5.74, 6) is 1.60. The van der Waals surface area contributed by atoms with Crippen molar-refractivity contribution < 1.29 is 13.9 Å². The van der Waals surface area contributed by atoms with Crippen LogP contribution in [0, 0.1) is 6.92 Å². The third-order valence-electron chi connectivity index (χ3n) is 5.37. The van der Waals surface area contributed by atoms with Crippen molar-refractivity contribution in [2.75, 3.05) is 19.7 Å². The number of nitrogens with zero attached hydrogens (tertiary/aromatic N) is 1. The molecular formula is C24H24N2O3. The number of hydrogen-bond acceptors (Lipinski definition) is 5. The Morgan fingerprint density at radius 1 is 1.07 bits per heavy atom. The van der Waals surface area contributed by atoms with E-state index in [-0.39, 0.29) is 6.10 Å². The van der Waals surface area contributed by atoms with Crippen molar-refractivity contribution in [3.8, 4) is 11.5 Å². The van der Waals surface area contributed by atoms with Gasteiger partial charge in [0.25, 0.3) is 0 Å². The first-order valence-electron chi connectivity index (χ1n) is 10.1. The van der Waals surface area contributed by atoms with Gasteiger partial charge in [-0.3, -0.25) is 4.98 Å². The normalized spacial score (nSPS) is 15.8. The Kier molecular flexibility index (Phi) is 4.82. The van der Waals surface area contributed by atoms with E-state index in [9.17, 15) is 0 Å². The molecule has 0 bridgehead atoms. The molecule has 1 aliphatic heterocycles. The highest BCUT2D eigenvalue weighted by atomic mass is 16.6. The Bertz CT molecular complexity index is 1150. The van der Waals surface area contributed by atoms with Crippen molar-refractivity contribution in [1.29, 1.82) is 0 Å². The van der Waals surface area contributed by atoms with Gasteiger partial charge in [0.1, 0.15) is 18.3 Å². The van der Waals surface area contributed by atoms with Gasteiger partial charge in [0.15, 0.2) is 11.5 Å². The maximum absolute atomic E-state index is 6.25. The second-order valence-corrected chi connectivity index (χ2v) is 7.53. The minimum Gasteiger partial charge on any atom is -0.486 e. The quantitative estimate of drug-likeness (QED) is 0.487. The molecule has 0 aliphatic carbocycles. The molecule has 148 valence electrons. The molecule has 0 spiro atoms. The molecule has 0 saturated carbocycles. The van der Waals surface area contributed by atoms with Gasteiger partial charge in [0, 0.05) is 23.0 Å². The molecule has 2 aromatic carbocycles. The Balaban J connectivity index is 1.16. The Morgan fingerprint density at radius 2 is 2.00 bits per heavy atom. The molecular weight excluding hydrogens is 364 g/mol. The summed E-state index contributed by atoms with van der Waals surface area (Å²) in [6.07, 6.45) is 3.90. The van der Waals surface area contributed by atoms with Gasteiger partial charge in [-0.2, -0.15) is 0 Å². The molecule has 4 aromatic rings. The highest BCUT2D eigenvalue weighted by Gasteiger charge is 2.23. The molecule has 5 rings (SSSR count). The summed E-state index contributed by atoms with van der Waals surface area (Å²) in [6, 6.07) is 16.2. The van der Waals surface area contributed by atoms with Crippen LogP contribution in [-0.2, 0) is 6.42 Å². The summed E-state index contributed by atoms with van der Waals surface area (Å²) in [5, 5.41) is 5.72. The molecule has 0 saturated heterocycles. The summed E-state index contributed by atoms with van der Waals surface area (Å²) < 4.78 is 17.8. The molecule has 0 fully saturated rings. The third kappa shape index (κ3) is 3.66. The molecule has 0 amide bonds. The molecule has 5 heteroatoms. The number of ether oxygens (including phenoxy) is 2. The monoisotopic (exact) mass is 388 g/mol. The van der Waals surface area contributed by atoms with Gasteiger partial charge in [0.2, 0.25) is 0 Å². The first kappa shape index (κ1) is 18.0. The first-order valence-corrected chi connectivity index (χ1v) is 10.1. The standard InChI is InChI=1S/C24H24N2O3/c1-16-8-9-20-21(26-16)10-11-23-24(20)29-18(15-28-23)13-25-12-4-5-17-14-27-22-7-3-2-6-19(17)22/h2-3,6-11,14,18,25H,4-5,12-13,15H2,1H3. The maximum Gasteiger partial charge on any atom is 0.171 e. The van der Waals surface area contributed by atoms with E-state index in [0.717, 1.165) is 59.6 Å². The third-order valence-corrected chi connectivity index (χ3v) is 5.37. The molecule has 2 aromatic heterocycles. The zero-order valence-corrected chi connectivity index (χ0v) is 16.5. The van der Waals surface area contributed by atoms with E-state index in [1.807, 2.05) is 43.5 Å². The van der Waals surface area contributed by atoms with Gasteiger partial charge < -0.3 is 19.2 Å². The number of rotatable bonds is 6. The fraction of sp³-hybridized carbons (Fsp3) is 0.292. The van der Waals surface area contributed by atoms with Crippen LogP contribution in [-0.4, -0.2) is 30.8 Å². The van der Waals surface area contributed by atoms with Crippen molar-refractivity contribution in [3.05, 3.63) is 66.1 Å². The number of benzene rings is 2. The van der Waals surface area contributed by atoms with Crippen LogP contribution in [0.1, 0.15) is 17.7 Å². The summed E-state index contributed by atoms with van der Waals surface area (Å²) >= 11 is 0. The number of pyridine rings is 1. The zero-order valence-electron chi connectivity index (χ0n) is 16.5. The fourth-order valence-corrected chi connectivity index (χ4v) is 3.87. The lowest BCUT2D eigenvalue weighted by atomic mass is 10.1. The zero-order chi connectivity index (χ0) is 19.6. The van der Waals surface area contributed by atoms with E-state index in [4.69, 9.17) is 13.9 Å².